The summed E-state index contributed by atoms with van der Waals surface area (Å²) in [5.74, 6) is -5.92. The molecule has 1 amide bonds. The Hall–Kier alpha value is -5.04. The van der Waals surface area contributed by atoms with Gasteiger partial charge < -0.3 is 83.5 Å². The number of carboxylic acids is 1. The number of carboxylic acid groups (broad SMARTS) is 1. The molecule has 2 aromatic rings. The van der Waals surface area contributed by atoms with Crippen LogP contribution >= 0.6 is 0 Å². The number of nitriles is 1. The minimum absolute atomic E-state index is 0.0338. The van der Waals surface area contributed by atoms with Crippen LogP contribution in [0.5, 0.6) is 0 Å². The second-order valence-corrected chi connectivity index (χ2v) is 23.3. The van der Waals surface area contributed by atoms with E-state index in [0.29, 0.717) is 36.8 Å². The third-order valence-electron chi connectivity index (χ3n) is 16.3. The fraction of sp³-hybridized carbons (Fsp3) is 0.754. The van der Waals surface area contributed by atoms with E-state index in [-0.39, 0.29) is 49.8 Å². The number of aryl methyl sites for hydroxylation is 1. The Morgan fingerprint density at radius 3 is 2.27 bits per heavy atom. The Labute approximate surface area is 475 Å². The van der Waals surface area contributed by atoms with Crippen LogP contribution in [0.25, 0.3) is 10.9 Å². The van der Waals surface area contributed by atoms with E-state index >= 15 is 0 Å². The van der Waals surface area contributed by atoms with Crippen molar-refractivity contribution in [3.8, 4) is 6.07 Å². The number of alkyl carbamates (subject to hydrolysis) is 1. The molecule has 1 aromatic carbocycles. The van der Waals surface area contributed by atoms with Crippen LogP contribution in [-0.4, -0.2) is 205 Å². The van der Waals surface area contributed by atoms with E-state index in [2.05, 4.69) is 10.5 Å². The number of benzene rings is 1. The zero-order valence-electron chi connectivity index (χ0n) is 49.8. The van der Waals surface area contributed by atoms with Gasteiger partial charge in [0.05, 0.1) is 59.9 Å². The quantitative estimate of drug-likeness (QED) is 0.0663. The molecule has 18 atom stereocenters. The maximum Gasteiger partial charge on any atom is 0.407 e. The summed E-state index contributed by atoms with van der Waals surface area (Å²) in [6.07, 6.45) is -9.08. The van der Waals surface area contributed by atoms with Crippen LogP contribution in [0.1, 0.15) is 117 Å². The molecule has 5 rings (SSSR count). The number of esters is 1. The van der Waals surface area contributed by atoms with Crippen LogP contribution in [-0.2, 0) is 53.9 Å². The van der Waals surface area contributed by atoms with Gasteiger partial charge in [-0.05, 0) is 105 Å². The first-order valence-corrected chi connectivity index (χ1v) is 28.0. The third-order valence-corrected chi connectivity index (χ3v) is 16.3. The van der Waals surface area contributed by atoms with Crippen molar-refractivity contribution in [2.75, 3.05) is 66.7 Å². The molecular weight excluding hydrogens is 1060 g/mol. The van der Waals surface area contributed by atoms with Gasteiger partial charge in [0.2, 0.25) is 12.0 Å². The second-order valence-electron chi connectivity index (χ2n) is 23.3. The molecule has 3 fully saturated rings. The number of aromatic carboxylic acids is 1. The number of aliphatic hydroxyl groups is 4. The molecule has 3 aliphatic rings. The van der Waals surface area contributed by atoms with Gasteiger partial charge in [-0.15, -0.1) is 0 Å². The number of ether oxygens (including phenoxy) is 8. The first-order chi connectivity index (χ1) is 37.9. The molecule has 456 valence electrons. The van der Waals surface area contributed by atoms with Crippen molar-refractivity contribution in [1.29, 1.82) is 5.26 Å². The summed E-state index contributed by atoms with van der Waals surface area (Å²) in [5.41, 5.74) is -4.44. The maximum atomic E-state index is 14.6. The second kappa shape index (κ2) is 28.5. The van der Waals surface area contributed by atoms with Gasteiger partial charge in [-0.25, -0.2) is 9.59 Å². The van der Waals surface area contributed by atoms with E-state index in [1.807, 2.05) is 38.1 Å². The van der Waals surface area contributed by atoms with Gasteiger partial charge in [0.25, 0.3) is 0 Å². The summed E-state index contributed by atoms with van der Waals surface area (Å²) in [5, 5.41) is 76.5. The predicted molar refractivity (Wildman–Crippen MR) is 297 cm³/mol. The average Bonchev–Trinajstić information content (AvgIpc) is 3.40. The van der Waals surface area contributed by atoms with Crippen LogP contribution in [0, 0.1) is 35.0 Å². The number of nitrogens with zero attached hydrogens (tertiary/aromatic N) is 5. The van der Waals surface area contributed by atoms with Crippen LogP contribution in [0.2, 0.25) is 0 Å². The van der Waals surface area contributed by atoms with E-state index in [1.165, 1.54) is 27.2 Å². The number of rotatable bonds is 19. The predicted octanol–water partition coefficient (Wildman–Crippen LogP) is 3.71. The van der Waals surface area contributed by atoms with Gasteiger partial charge in [0.1, 0.15) is 35.0 Å². The summed E-state index contributed by atoms with van der Waals surface area (Å²) in [6.45, 7) is 16.7. The van der Waals surface area contributed by atoms with Crippen molar-refractivity contribution < 1.29 is 82.6 Å². The van der Waals surface area contributed by atoms with Gasteiger partial charge in [-0.1, -0.05) is 38.9 Å². The van der Waals surface area contributed by atoms with Crippen LogP contribution in [0.15, 0.2) is 34.3 Å². The molecule has 3 saturated heterocycles. The van der Waals surface area contributed by atoms with Gasteiger partial charge in [-0.2, -0.15) is 5.26 Å². The number of nitrogens with one attached hydrogen (secondary N) is 1. The summed E-state index contributed by atoms with van der Waals surface area (Å²) in [6, 6.07) is 6.84. The average molecular weight is 1150 g/mol. The van der Waals surface area contributed by atoms with Gasteiger partial charge in [0, 0.05) is 76.2 Å². The molecule has 0 radical (unpaired) electrons. The van der Waals surface area contributed by atoms with Crippen LogP contribution < -0.4 is 15.8 Å². The molecule has 24 nitrogen and oxygen atoms in total. The number of carbonyl (C=O) groups is 3. The summed E-state index contributed by atoms with van der Waals surface area (Å²) >= 11 is 0. The molecular formula is C57H90N6O18. The molecule has 0 unspecified atom stereocenters. The normalized spacial score (nSPS) is 35.9. The highest BCUT2D eigenvalue weighted by Crippen LogP contribution is 2.42. The standard InChI is InChI=1S/C57H90N6O18/c1-16-42-57(10,72)48(66)33(4)44(60-75-24-21-58)31(2)28-55(8,71)49(80-53-46(65)41(61(11)12)26-32(3)76-53)34(5)47(35(6)52(69)78-42)79-43-29-56(9,73-15)50(36(7)77-43)81-54(70)59-22-25-74-23-17-18-37-19-20-40-38(27-37)45(64)39(51(67)68)30-63(40)62(13)14/h19-20,27,30-36,41-43,46-50,53,65-66,71-72H,16-18,22-26,28-29H2,1-15H3,(H,59,70)(H,67,68)/t31-,32-,33-,34+,35-,36+,41+,42-,43+,46-,47+,48-,49-,50+,53+,55-,56-,57-/m1/s1. The lowest BCUT2D eigenvalue weighted by molar-refractivity contribution is -0.317. The molecule has 24 heteroatoms. The van der Waals surface area contributed by atoms with Gasteiger partial charge in [0.15, 0.2) is 18.7 Å². The van der Waals surface area contributed by atoms with Crippen molar-refractivity contribution in [2.45, 2.75) is 192 Å². The summed E-state index contributed by atoms with van der Waals surface area (Å²) < 4.78 is 51.9. The summed E-state index contributed by atoms with van der Waals surface area (Å²) in [4.78, 5) is 60.1. The number of methoxy groups -OCH3 is 1. The fourth-order valence-electron chi connectivity index (χ4n) is 11.8. The van der Waals surface area contributed by atoms with Crippen molar-refractivity contribution >= 4 is 34.6 Å². The Morgan fingerprint density at radius 2 is 1.65 bits per heavy atom. The van der Waals surface area contributed by atoms with E-state index in [9.17, 15) is 50.0 Å². The van der Waals surface area contributed by atoms with Crippen molar-refractivity contribution in [3.63, 3.8) is 0 Å². The number of hydrogen-bond donors (Lipinski definition) is 6. The molecule has 4 heterocycles. The summed E-state index contributed by atoms with van der Waals surface area (Å²) in [7, 11) is 8.62. The third kappa shape index (κ3) is 16.0. The van der Waals surface area contributed by atoms with Crippen LogP contribution in [0.4, 0.5) is 4.79 Å². The van der Waals surface area contributed by atoms with Crippen molar-refractivity contribution in [1.82, 2.24) is 14.9 Å². The number of carbonyl (C=O) groups excluding carboxylic acids is 2. The van der Waals surface area contributed by atoms with Crippen LogP contribution in [0.3, 0.4) is 0 Å². The lowest BCUT2D eigenvalue weighted by Gasteiger charge is -2.49. The van der Waals surface area contributed by atoms with Gasteiger partial charge in [-0.3, -0.25) is 14.3 Å². The molecule has 6 N–H and O–H groups in total. The number of amides is 1. The van der Waals surface area contributed by atoms with Crippen molar-refractivity contribution in [2.24, 2.45) is 28.8 Å². The molecule has 0 spiro atoms. The maximum absolute atomic E-state index is 14.6. The number of aliphatic hydroxyl groups excluding tert-OH is 2. The van der Waals surface area contributed by atoms with E-state index in [1.54, 1.807) is 84.4 Å². The minimum Gasteiger partial charge on any atom is -0.477 e. The minimum atomic E-state index is -2.05. The number of likely N-dealkylation sites (N-methyl/N-ethyl adjacent to an activating group) is 1. The molecule has 3 aliphatic heterocycles. The van der Waals surface area contributed by atoms with Gasteiger partial charge >= 0.3 is 18.0 Å². The highest BCUT2D eigenvalue weighted by molar-refractivity contribution is 5.93. The number of fused-ring (bicyclic) bond motifs is 1. The number of oxime groups is 1. The smallest absolute Gasteiger partial charge is 0.407 e. The molecule has 0 saturated carbocycles. The Morgan fingerprint density at radius 1 is 0.963 bits per heavy atom. The number of aromatic nitrogens is 1. The number of hydrogen-bond acceptors (Lipinski definition) is 21. The SMILES string of the molecule is CC[C@H]1OC(=O)[C@H](C)[C@@H](O[C@H]2C[C@@](C)(OC)[C@@H](OC(=O)NCCOCCCc3ccc4c(c3)c(=O)c(C(=O)O)cn4N(C)C)[C@H](C)O2)[C@H](C)[C@@H](O[C@@H]2O[C@H](C)C[C@H](N(C)C)[C@H]2O)[C@](C)(O)C[C@@H](C)C(=NOCC#N)[C@@H](C)[C@@H](O)[C@]1(C)O. The fourth-order valence-corrected chi connectivity index (χ4v) is 11.8. The first kappa shape index (κ1) is 66.8. The number of pyridine rings is 1. The highest BCUT2D eigenvalue weighted by Gasteiger charge is 2.54. The Balaban J connectivity index is 1.35. The zero-order valence-corrected chi connectivity index (χ0v) is 49.8. The van der Waals surface area contributed by atoms with E-state index < -0.39 is 132 Å². The molecule has 81 heavy (non-hydrogen) atoms. The Bertz CT molecular complexity index is 2570. The monoisotopic (exact) mass is 1150 g/mol. The lowest BCUT2D eigenvalue weighted by Crippen LogP contribution is -2.61. The molecule has 0 aliphatic carbocycles. The topological polar surface area (TPSA) is 312 Å². The van der Waals surface area contributed by atoms with E-state index in [4.69, 9.17) is 42.7 Å². The largest absolute Gasteiger partial charge is 0.477 e. The van der Waals surface area contributed by atoms with E-state index in [0.717, 1.165) is 5.56 Å². The lowest BCUT2D eigenvalue weighted by atomic mass is 9.73. The molecule has 1 aromatic heterocycles. The van der Waals surface area contributed by atoms with Crippen molar-refractivity contribution in [3.05, 3.63) is 45.7 Å². The Kier molecular flexibility index (Phi) is 23.5. The first-order valence-electron chi connectivity index (χ1n) is 28.0. The molecule has 0 bridgehead atoms. The highest BCUT2D eigenvalue weighted by atomic mass is 16.7. The zero-order chi connectivity index (χ0) is 60.5. The number of cyclic esters (lactones) is 1.